The summed E-state index contributed by atoms with van der Waals surface area (Å²) in [5, 5.41) is 6.56. The van der Waals surface area contributed by atoms with Gasteiger partial charge in [0, 0.05) is 40.6 Å². The SMILES string of the molecule is O=C1COC(c2cn(-c3ccc(Cl)cc3)nc2-c2ccc(F)cc2)N1CCc1ccc2cc[nH]c2c1. The molecule has 3 aromatic carbocycles. The maximum Gasteiger partial charge on any atom is 0.250 e. The van der Waals surface area contributed by atoms with Crippen LogP contribution >= 0.6 is 11.6 Å². The van der Waals surface area contributed by atoms with Gasteiger partial charge in [0.25, 0.3) is 5.91 Å². The third-order valence-electron chi connectivity index (χ3n) is 6.45. The van der Waals surface area contributed by atoms with Gasteiger partial charge < -0.3 is 14.6 Å². The predicted octanol–water partition coefficient (Wildman–Crippen LogP) is 5.91. The molecule has 0 bridgehead atoms. The molecule has 1 aliphatic rings. The number of hydrogen-bond donors (Lipinski definition) is 1. The van der Waals surface area contributed by atoms with E-state index in [1.807, 2.05) is 30.6 Å². The van der Waals surface area contributed by atoms with Crippen LogP contribution in [0.5, 0.6) is 0 Å². The number of benzene rings is 3. The Labute approximate surface area is 211 Å². The van der Waals surface area contributed by atoms with Crippen LogP contribution in [-0.4, -0.2) is 38.7 Å². The number of aromatic nitrogens is 3. The van der Waals surface area contributed by atoms with Crippen LogP contribution in [0.3, 0.4) is 0 Å². The summed E-state index contributed by atoms with van der Waals surface area (Å²) in [6, 6.07) is 21.8. The molecule has 0 aliphatic carbocycles. The molecule has 6 rings (SSSR count). The molecule has 0 radical (unpaired) electrons. The number of aromatic amines is 1. The van der Waals surface area contributed by atoms with Gasteiger partial charge in [-0.1, -0.05) is 23.7 Å². The summed E-state index contributed by atoms with van der Waals surface area (Å²) in [6.07, 6.45) is 3.85. The zero-order chi connectivity index (χ0) is 24.6. The fraction of sp³-hybridized carbons (Fsp3) is 0.143. The highest BCUT2D eigenvalue weighted by Gasteiger charge is 2.36. The average Bonchev–Trinajstić information content (AvgIpc) is 3.62. The lowest BCUT2D eigenvalue weighted by molar-refractivity contribution is -0.128. The molecule has 180 valence electrons. The van der Waals surface area contributed by atoms with Gasteiger partial charge in [0.15, 0.2) is 6.23 Å². The van der Waals surface area contributed by atoms with Crippen molar-refractivity contribution < 1.29 is 13.9 Å². The Balaban J connectivity index is 1.34. The smallest absolute Gasteiger partial charge is 0.250 e. The van der Waals surface area contributed by atoms with E-state index in [2.05, 4.69) is 23.2 Å². The number of rotatable bonds is 6. The summed E-state index contributed by atoms with van der Waals surface area (Å²) in [5.41, 5.74) is 5.10. The van der Waals surface area contributed by atoms with Gasteiger partial charge >= 0.3 is 0 Å². The number of fused-ring (bicyclic) bond motifs is 1. The highest BCUT2D eigenvalue weighted by Crippen LogP contribution is 2.35. The van der Waals surface area contributed by atoms with Gasteiger partial charge in [-0.15, -0.1) is 0 Å². The van der Waals surface area contributed by atoms with E-state index in [9.17, 15) is 9.18 Å². The number of carbonyl (C=O) groups excluding carboxylic acids is 1. The van der Waals surface area contributed by atoms with Crippen molar-refractivity contribution in [2.24, 2.45) is 0 Å². The summed E-state index contributed by atoms with van der Waals surface area (Å²) in [4.78, 5) is 17.8. The zero-order valence-electron chi connectivity index (χ0n) is 19.2. The Bertz CT molecular complexity index is 1540. The number of halogens is 2. The van der Waals surface area contributed by atoms with Crippen molar-refractivity contribution in [2.45, 2.75) is 12.6 Å². The number of amides is 1. The van der Waals surface area contributed by atoms with E-state index in [0.29, 0.717) is 23.7 Å². The molecule has 1 N–H and O–H groups in total. The molecule has 6 nitrogen and oxygen atoms in total. The Morgan fingerprint density at radius 2 is 1.86 bits per heavy atom. The number of nitrogens with one attached hydrogen (secondary N) is 1. The topological polar surface area (TPSA) is 63.2 Å². The highest BCUT2D eigenvalue weighted by molar-refractivity contribution is 6.30. The summed E-state index contributed by atoms with van der Waals surface area (Å²) >= 11 is 6.06. The Morgan fingerprint density at radius 3 is 2.67 bits per heavy atom. The first-order chi connectivity index (χ1) is 17.5. The van der Waals surface area contributed by atoms with E-state index in [1.165, 1.54) is 12.1 Å². The van der Waals surface area contributed by atoms with Crippen LogP contribution in [0.2, 0.25) is 5.02 Å². The van der Waals surface area contributed by atoms with Gasteiger partial charge in [0.05, 0.1) is 5.69 Å². The highest BCUT2D eigenvalue weighted by atomic mass is 35.5. The Kier molecular flexibility index (Phi) is 5.79. The van der Waals surface area contributed by atoms with Gasteiger partial charge in [-0.2, -0.15) is 5.10 Å². The summed E-state index contributed by atoms with van der Waals surface area (Å²) in [5.74, 6) is -0.407. The van der Waals surface area contributed by atoms with Crippen molar-refractivity contribution in [3.05, 3.63) is 107 Å². The second kappa shape index (κ2) is 9.26. The summed E-state index contributed by atoms with van der Waals surface area (Å²) < 4.78 is 21.4. The van der Waals surface area contributed by atoms with Gasteiger partial charge in [-0.25, -0.2) is 9.07 Å². The van der Waals surface area contributed by atoms with Gasteiger partial charge in [0.1, 0.15) is 18.1 Å². The molecule has 1 fully saturated rings. The van der Waals surface area contributed by atoms with Crippen molar-refractivity contribution >= 4 is 28.4 Å². The maximum atomic E-state index is 13.6. The molecular formula is C28H22ClFN4O2. The molecule has 0 saturated carbocycles. The van der Waals surface area contributed by atoms with Crippen LogP contribution < -0.4 is 0 Å². The number of ether oxygens (including phenoxy) is 1. The summed E-state index contributed by atoms with van der Waals surface area (Å²) in [6.45, 7) is 0.486. The normalized spacial score (nSPS) is 15.8. The third kappa shape index (κ3) is 4.27. The van der Waals surface area contributed by atoms with Crippen molar-refractivity contribution in [1.82, 2.24) is 19.7 Å². The van der Waals surface area contributed by atoms with E-state index in [0.717, 1.165) is 33.3 Å². The molecule has 1 saturated heterocycles. The largest absolute Gasteiger partial charge is 0.361 e. The predicted molar refractivity (Wildman–Crippen MR) is 136 cm³/mol. The number of hydrogen-bond acceptors (Lipinski definition) is 3. The van der Waals surface area contributed by atoms with Crippen LogP contribution in [0.1, 0.15) is 17.4 Å². The molecule has 3 heterocycles. The van der Waals surface area contributed by atoms with Crippen LogP contribution in [0, 0.1) is 5.82 Å². The maximum absolute atomic E-state index is 13.6. The van der Waals surface area contributed by atoms with E-state index in [-0.39, 0.29) is 18.3 Å². The average molecular weight is 501 g/mol. The van der Waals surface area contributed by atoms with Crippen molar-refractivity contribution in [2.75, 3.05) is 13.2 Å². The Morgan fingerprint density at radius 1 is 1.06 bits per heavy atom. The standard InChI is InChI=1S/C28H22ClFN4O2/c29-21-5-9-23(10-6-21)34-16-24(27(32-34)20-3-7-22(30)8-4-20)28-33(26(35)17-36-28)14-12-18-1-2-19-11-13-31-25(19)15-18/h1-11,13,15-16,28,31H,12,14,17H2. The molecule has 2 aromatic heterocycles. The first kappa shape index (κ1) is 22.5. The molecule has 1 amide bonds. The molecule has 36 heavy (non-hydrogen) atoms. The van der Waals surface area contributed by atoms with Crippen molar-refractivity contribution in [3.63, 3.8) is 0 Å². The van der Waals surface area contributed by atoms with E-state index in [1.54, 1.807) is 33.8 Å². The molecule has 1 unspecified atom stereocenters. The number of nitrogens with zero attached hydrogens (tertiary/aromatic N) is 3. The number of H-pyrrole nitrogens is 1. The van der Waals surface area contributed by atoms with E-state index < -0.39 is 6.23 Å². The molecule has 5 aromatic rings. The fourth-order valence-electron chi connectivity index (χ4n) is 4.58. The second-order valence-electron chi connectivity index (χ2n) is 8.76. The van der Waals surface area contributed by atoms with Gasteiger partial charge in [0.2, 0.25) is 0 Å². The monoisotopic (exact) mass is 500 g/mol. The quantitative estimate of drug-likeness (QED) is 0.315. The minimum atomic E-state index is -0.604. The second-order valence-corrected chi connectivity index (χ2v) is 9.20. The van der Waals surface area contributed by atoms with Gasteiger partial charge in [-0.05, 0) is 78.0 Å². The van der Waals surface area contributed by atoms with Gasteiger partial charge in [-0.3, -0.25) is 4.79 Å². The minimum absolute atomic E-state index is 0.00465. The lowest BCUT2D eigenvalue weighted by atomic mass is 10.1. The molecular weight excluding hydrogens is 479 g/mol. The van der Waals surface area contributed by atoms with E-state index in [4.69, 9.17) is 21.4 Å². The molecule has 1 atom stereocenters. The molecule has 1 aliphatic heterocycles. The van der Waals surface area contributed by atoms with Crippen molar-refractivity contribution in [3.8, 4) is 16.9 Å². The molecule has 0 spiro atoms. The lowest BCUT2D eigenvalue weighted by Gasteiger charge is -2.23. The summed E-state index contributed by atoms with van der Waals surface area (Å²) in [7, 11) is 0. The van der Waals surface area contributed by atoms with Crippen LogP contribution in [0.15, 0.2) is 85.2 Å². The van der Waals surface area contributed by atoms with Crippen LogP contribution in [0.25, 0.3) is 27.8 Å². The van der Waals surface area contributed by atoms with Crippen molar-refractivity contribution in [1.29, 1.82) is 0 Å². The fourth-order valence-corrected chi connectivity index (χ4v) is 4.71. The lowest BCUT2D eigenvalue weighted by Crippen LogP contribution is -2.30. The minimum Gasteiger partial charge on any atom is -0.361 e. The third-order valence-corrected chi connectivity index (χ3v) is 6.70. The van der Waals surface area contributed by atoms with Crippen LogP contribution in [-0.2, 0) is 16.0 Å². The Hall–Kier alpha value is -3.94. The zero-order valence-corrected chi connectivity index (χ0v) is 20.0. The first-order valence-corrected chi connectivity index (χ1v) is 12.0. The number of carbonyl (C=O) groups is 1. The first-order valence-electron chi connectivity index (χ1n) is 11.6. The molecule has 8 heteroatoms. The van der Waals surface area contributed by atoms with E-state index >= 15 is 0 Å². The van der Waals surface area contributed by atoms with Crippen LogP contribution in [0.4, 0.5) is 4.39 Å².